The third-order valence-electron chi connectivity index (χ3n) is 10.9. The van der Waals surface area contributed by atoms with Crippen LogP contribution in [0.1, 0.15) is 82.6 Å². The number of benzene rings is 4. The van der Waals surface area contributed by atoms with E-state index in [1.54, 1.807) is 99.6 Å². The standard InChI is InChI=1S/C49H52F6N8O6/c1-30(56)41(64)60-49(44(67)62(29-17-27-48(53,54)55)37-25-15-13-23-35(37)39(59-49)33-20-10-7-11-21-33)63(42(65)31(2)57-45(68)69-46(3,4)5)40-43(66)61(28-16-26-47(50,51)52)36-24-14-12-22-34(36)38(58-40)32-18-8-6-9-19-32/h6-15,18-25,30-31,40H,16-17,26-29,56H2,1-5H3,(H,57,68)(H,60,64)/t30-,31-,40?,49?/m0/s1. The van der Waals surface area contributed by atoms with Gasteiger partial charge in [-0.05, 0) is 59.6 Å². The highest BCUT2D eigenvalue weighted by Gasteiger charge is 2.58. The second-order valence-electron chi connectivity index (χ2n) is 17.5. The molecule has 4 atom stereocenters. The Bertz CT molecular complexity index is 2600. The SMILES string of the molecule is C[C@H](N)C(=O)NC1(N(C(=O)[C@H](C)NC(=O)OC(C)(C)C)C2N=C(c3ccccc3)c3ccccc3N(CCCC(F)(F)F)C2=O)N=C(c2ccccc2)c2ccccc2N(CCCC(F)(F)F)C1=O. The van der Waals surface area contributed by atoms with Crippen molar-refractivity contribution in [1.29, 1.82) is 0 Å². The molecule has 0 saturated carbocycles. The molecule has 2 unspecified atom stereocenters. The fraction of sp³-hybridized carbons (Fsp3) is 0.367. The van der Waals surface area contributed by atoms with Gasteiger partial charge in [0.05, 0.1) is 28.8 Å². The van der Waals surface area contributed by atoms with Gasteiger partial charge < -0.3 is 30.9 Å². The predicted molar refractivity (Wildman–Crippen MR) is 246 cm³/mol. The van der Waals surface area contributed by atoms with Crippen LogP contribution in [0.15, 0.2) is 119 Å². The van der Waals surface area contributed by atoms with E-state index in [1.165, 1.54) is 44.2 Å². The van der Waals surface area contributed by atoms with Crippen molar-refractivity contribution in [2.24, 2.45) is 15.7 Å². The zero-order chi connectivity index (χ0) is 50.5. The van der Waals surface area contributed by atoms with Gasteiger partial charge in [-0.25, -0.2) is 14.8 Å². The summed E-state index contributed by atoms with van der Waals surface area (Å²) >= 11 is 0. The number of nitrogens with one attached hydrogen (secondary N) is 2. The van der Waals surface area contributed by atoms with Gasteiger partial charge in [0.25, 0.3) is 23.5 Å². The van der Waals surface area contributed by atoms with E-state index < -0.39 is 110 Å². The van der Waals surface area contributed by atoms with Crippen molar-refractivity contribution < 1.29 is 55.1 Å². The lowest BCUT2D eigenvalue weighted by atomic mass is 10.00. The molecular formula is C49H52F6N8O6. The lowest BCUT2D eigenvalue weighted by molar-refractivity contribution is -0.159. The maximum Gasteiger partial charge on any atom is 0.408 e. The number of aliphatic imine (C=N–C) groups is 2. The highest BCUT2D eigenvalue weighted by atomic mass is 19.4. The number of nitrogens with zero attached hydrogens (tertiary/aromatic N) is 5. The van der Waals surface area contributed by atoms with E-state index in [0.29, 0.717) is 10.5 Å². The number of alkyl halides is 6. The first-order chi connectivity index (χ1) is 32.4. The molecule has 20 heteroatoms. The van der Waals surface area contributed by atoms with Gasteiger partial charge in [0.2, 0.25) is 12.1 Å². The molecule has 2 heterocycles. The average molecular weight is 963 g/mol. The Hall–Kier alpha value is -7.09. The lowest BCUT2D eigenvalue weighted by Gasteiger charge is -2.45. The van der Waals surface area contributed by atoms with Gasteiger partial charge >= 0.3 is 18.4 Å². The Morgan fingerprint density at radius 3 is 1.70 bits per heavy atom. The molecule has 69 heavy (non-hydrogen) atoms. The minimum absolute atomic E-state index is 0.000693. The predicted octanol–water partition coefficient (Wildman–Crippen LogP) is 7.62. The summed E-state index contributed by atoms with van der Waals surface area (Å²) in [7, 11) is 0. The van der Waals surface area contributed by atoms with Crippen molar-refractivity contribution in [1.82, 2.24) is 15.5 Å². The number of carbonyl (C=O) groups is 5. The number of para-hydroxylation sites is 2. The number of fused-ring (bicyclic) bond motifs is 2. The third kappa shape index (κ3) is 12.1. The number of anilines is 2. The summed E-state index contributed by atoms with van der Waals surface area (Å²) in [5.74, 6) is -8.26. The van der Waals surface area contributed by atoms with Crippen LogP contribution in [-0.2, 0) is 23.9 Å². The molecule has 0 radical (unpaired) electrons. The Morgan fingerprint density at radius 2 is 1.19 bits per heavy atom. The molecule has 0 aromatic heterocycles. The molecule has 4 N–H and O–H groups in total. The Labute approximate surface area is 394 Å². The van der Waals surface area contributed by atoms with Crippen LogP contribution >= 0.6 is 0 Å². The van der Waals surface area contributed by atoms with Gasteiger partial charge in [-0.15, -0.1) is 0 Å². The fourth-order valence-corrected chi connectivity index (χ4v) is 7.83. The van der Waals surface area contributed by atoms with Crippen LogP contribution in [-0.4, -0.2) is 101 Å². The van der Waals surface area contributed by atoms with Crippen molar-refractivity contribution >= 4 is 52.5 Å². The first-order valence-electron chi connectivity index (χ1n) is 22.0. The number of alkyl carbamates (subject to hydrolysis) is 1. The van der Waals surface area contributed by atoms with Gasteiger partial charge in [-0.3, -0.25) is 24.1 Å². The molecule has 0 aliphatic carbocycles. The quantitative estimate of drug-likeness (QED) is 0.0859. The lowest BCUT2D eigenvalue weighted by Crippen LogP contribution is -2.75. The van der Waals surface area contributed by atoms with Crippen molar-refractivity contribution in [3.63, 3.8) is 0 Å². The van der Waals surface area contributed by atoms with E-state index in [9.17, 15) is 35.9 Å². The average Bonchev–Trinajstić information content (AvgIpc) is 3.46. The summed E-state index contributed by atoms with van der Waals surface area (Å²) in [5.41, 5.74) is 5.99. The summed E-state index contributed by atoms with van der Waals surface area (Å²) in [6, 6.07) is 25.2. The number of amides is 5. The van der Waals surface area contributed by atoms with E-state index in [1.807, 2.05) is 0 Å². The molecule has 14 nitrogen and oxygen atoms in total. The number of benzodiazepines with no additional fused rings is 2. The van der Waals surface area contributed by atoms with Crippen LogP contribution in [0.25, 0.3) is 0 Å². The summed E-state index contributed by atoms with van der Waals surface area (Å²) in [6.45, 7) is 5.76. The molecule has 0 bridgehead atoms. The number of hydrogen-bond donors (Lipinski definition) is 3. The molecule has 4 aromatic carbocycles. The normalized spacial score (nSPS) is 18.3. The van der Waals surface area contributed by atoms with Crippen LogP contribution < -0.4 is 26.2 Å². The first kappa shape index (κ1) is 51.3. The van der Waals surface area contributed by atoms with Crippen LogP contribution in [0.3, 0.4) is 0 Å². The van der Waals surface area contributed by atoms with Gasteiger partial charge in [-0.2, -0.15) is 26.3 Å². The van der Waals surface area contributed by atoms with Gasteiger partial charge in [0.15, 0.2) is 0 Å². The molecule has 6 rings (SSSR count). The topological polar surface area (TPSA) is 179 Å². The van der Waals surface area contributed by atoms with E-state index in [-0.39, 0.29) is 39.5 Å². The highest BCUT2D eigenvalue weighted by molar-refractivity contribution is 6.23. The molecule has 5 amide bonds. The minimum atomic E-state index is -4.69. The maximum absolute atomic E-state index is 16.1. The van der Waals surface area contributed by atoms with Crippen molar-refractivity contribution in [2.75, 3.05) is 22.9 Å². The number of hydrogen-bond acceptors (Lipinski definition) is 9. The maximum atomic E-state index is 16.1. The zero-order valence-electron chi connectivity index (χ0n) is 38.4. The number of carbonyl (C=O) groups excluding carboxylic acids is 5. The summed E-state index contributed by atoms with van der Waals surface area (Å²) < 4.78 is 88.6. The molecule has 0 fully saturated rings. The smallest absolute Gasteiger partial charge is 0.408 e. The second-order valence-corrected chi connectivity index (χ2v) is 17.5. The van der Waals surface area contributed by atoms with Crippen LogP contribution in [0.2, 0.25) is 0 Å². The molecule has 2 aliphatic heterocycles. The molecule has 4 aromatic rings. The Kier molecular flexibility index (Phi) is 15.3. The van der Waals surface area contributed by atoms with E-state index in [4.69, 9.17) is 20.5 Å². The van der Waals surface area contributed by atoms with Gasteiger partial charge in [-0.1, -0.05) is 97.1 Å². The van der Waals surface area contributed by atoms with Crippen molar-refractivity contribution in [3.8, 4) is 0 Å². The summed E-state index contributed by atoms with van der Waals surface area (Å²) in [6.07, 6.45) is -16.9. The Balaban J connectivity index is 1.76. The zero-order valence-corrected chi connectivity index (χ0v) is 38.4. The van der Waals surface area contributed by atoms with Crippen LogP contribution in [0, 0.1) is 0 Å². The van der Waals surface area contributed by atoms with E-state index in [2.05, 4.69) is 10.6 Å². The first-order valence-corrected chi connectivity index (χ1v) is 22.0. The molecule has 2 aliphatic rings. The van der Waals surface area contributed by atoms with Crippen LogP contribution in [0.5, 0.6) is 0 Å². The largest absolute Gasteiger partial charge is 0.444 e. The van der Waals surface area contributed by atoms with E-state index in [0.717, 1.165) is 9.80 Å². The van der Waals surface area contributed by atoms with Gasteiger partial charge in [0.1, 0.15) is 11.6 Å². The fourth-order valence-electron chi connectivity index (χ4n) is 7.83. The van der Waals surface area contributed by atoms with E-state index >= 15 is 14.4 Å². The summed E-state index contributed by atoms with van der Waals surface area (Å²) in [5, 5.41) is 4.93. The van der Waals surface area contributed by atoms with Crippen molar-refractivity contribution in [2.45, 2.75) is 102 Å². The molecule has 0 saturated heterocycles. The number of rotatable bonds is 14. The third-order valence-corrected chi connectivity index (χ3v) is 10.9. The monoisotopic (exact) mass is 962 g/mol. The molecule has 0 spiro atoms. The number of nitrogens with two attached hydrogens (primary N) is 1. The molecular weight excluding hydrogens is 911 g/mol. The minimum Gasteiger partial charge on any atom is -0.444 e. The number of halogens is 6. The van der Waals surface area contributed by atoms with Gasteiger partial charge in [0, 0.05) is 48.2 Å². The number of ether oxygens (including phenoxy) is 1. The Morgan fingerprint density at radius 1 is 0.725 bits per heavy atom. The highest BCUT2D eigenvalue weighted by Crippen LogP contribution is 2.38. The van der Waals surface area contributed by atoms with Crippen molar-refractivity contribution in [3.05, 3.63) is 131 Å². The second kappa shape index (κ2) is 20.6. The van der Waals surface area contributed by atoms with Crippen LogP contribution in [0.4, 0.5) is 42.5 Å². The molecule has 366 valence electrons. The summed E-state index contributed by atoms with van der Waals surface area (Å²) in [4.78, 5) is 87.8.